The summed E-state index contributed by atoms with van der Waals surface area (Å²) in [5.41, 5.74) is 6.29. The lowest BCUT2D eigenvalue weighted by atomic mass is 10.1. The van der Waals surface area contributed by atoms with Crippen molar-refractivity contribution >= 4 is 35.8 Å². The van der Waals surface area contributed by atoms with Crippen molar-refractivity contribution in [1.29, 1.82) is 0 Å². The Morgan fingerprint density at radius 2 is 2.04 bits per heavy atom. The summed E-state index contributed by atoms with van der Waals surface area (Å²) in [4.78, 5) is 29.2. The van der Waals surface area contributed by atoms with Crippen LogP contribution in [0.4, 0.5) is 0 Å². The molecule has 2 heterocycles. The van der Waals surface area contributed by atoms with Crippen LogP contribution >= 0.6 is 24.0 Å². The summed E-state index contributed by atoms with van der Waals surface area (Å²) in [6.45, 7) is 1.79. The predicted octanol–water partition coefficient (Wildman–Crippen LogP) is 1.93. The van der Waals surface area contributed by atoms with Crippen molar-refractivity contribution in [1.82, 2.24) is 9.80 Å². The van der Waals surface area contributed by atoms with Crippen molar-refractivity contribution in [3.05, 3.63) is 28.8 Å². The SMILES string of the molecule is COc1ccc(Cl)cc1C(=O)N1CCCC1C(=O)N1CC[C@@H](N)C1.Cl. The summed E-state index contributed by atoms with van der Waals surface area (Å²) in [6.07, 6.45) is 2.30. The van der Waals surface area contributed by atoms with E-state index < -0.39 is 6.04 Å². The van der Waals surface area contributed by atoms with E-state index >= 15 is 0 Å². The molecule has 0 saturated carbocycles. The average molecular weight is 388 g/mol. The Kier molecular flexibility index (Phi) is 6.54. The van der Waals surface area contributed by atoms with Crippen molar-refractivity contribution < 1.29 is 14.3 Å². The molecule has 25 heavy (non-hydrogen) atoms. The fourth-order valence-electron chi connectivity index (χ4n) is 3.47. The average Bonchev–Trinajstić information content (AvgIpc) is 3.22. The summed E-state index contributed by atoms with van der Waals surface area (Å²) in [7, 11) is 1.51. The third kappa shape index (κ3) is 4.02. The minimum atomic E-state index is -0.425. The first-order valence-corrected chi connectivity index (χ1v) is 8.58. The van der Waals surface area contributed by atoms with Crippen LogP contribution in [0, 0.1) is 0 Å². The van der Waals surface area contributed by atoms with E-state index in [1.165, 1.54) is 7.11 Å². The number of nitrogens with zero attached hydrogens (tertiary/aromatic N) is 2. The molecule has 0 aliphatic carbocycles. The van der Waals surface area contributed by atoms with E-state index in [2.05, 4.69) is 0 Å². The van der Waals surface area contributed by atoms with Crippen LogP contribution in [-0.4, -0.2) is 60.4 Å². The third-order valence-electron chi connectivity index (χ3n) is 4.73. The number of halogens is 2. The maximum Gasteiger partial charge on any atom is 0.258 e. The predicted molar refractivity (Wildman–Crippen MR) is 98.5 cm³/mol. The summed E-state index contributed by atoms with van der Waals surface area (Å²) in [5.74, 6) is 0.245. The zero-order chi connectivity index (χ0) is 17.3. The van der Waals surface area contributed by atoms with Crippen LogP contribution in [0.3, 0.4) is 0 Å². The molecule has 2 fully saturated rings. The Hall–Kier alpha value is -1.50. The third-order valence-corrected chi connectivity index (χ3v) is 4.96. The zero-order valence-corrected chi connectivity index (χ0v) is 15.7. The van der Waals surface area contributed by atoms with Gasteiger partial charge in [0.1, 0.15) is 11.8 Å². The molecule has 138 valence electrons. The normalized spacial score (nSPS) is 22.7. The van der Waals surface area contributed by atoms with Crippen LogP contribution in [0.15, 0.2) is 18.2 Å². The van der Waals surface area contributed by atoms with E-state index in [1.807, 2.05) is 0 Å². The maximum atomic E-state index is 13.0. The van der Waals surface area contributed by atoms with Gasteiger partial charge in [-0.15, -0.1) is 12.4 Å². The summed E-state index contributed by atoms with van der Waals surface area (Å²) in [6, 6.07) is 4.55. The van der Waals surface area contributed by atoms with E-state index in [1.54, 1.807) is 28.0 Å². The molecule has 2 aliphatic rings. The first kappa shape index (κ1) is 19.8. The summed E-state index contributed by atoms with van der Waals surface area (Å²) >= 11 is 6.03. The Labute approximate surface area is 158 Å². The van der Waals surface area contributed by atoms with Crippen LogP contribution < -0.4 is 10.5 Å². The number of carbonyl (C=O) groups is 2. The van der Waals surface area contributed by atoms with Crippen LogP contribution in [-0.2, 0) is 4.79 Å². The molecule has 0 bridgehead atoms. The molecule has 6 nitrogen and oxygen atoms in total. The minimum absolute atomic E-state index is 0. The fraction of sp³-hybridized carbons (Fsp3) is 0.529. The number of benzene rings is 1. The monoisotopic (exact) mass is 387 g/mol. The quantitative estimate of drug-likeness (QED) is 0.859. The first-order valence-electron chi connectivity index (χ1n) is 8.20. The fourth-order valence-corrected chi connectivity index (χ4v) is 3.64. The highest BCUT2D eigenvalue weighted by Crippen LogP contribution is 2.28. The van der Waals surface area contributed by atoms with Gasteiger partial charge in [0.15, 0.2) is 0 Å². The number of nitrogens with two attached hydrogens (primary N) is 1. The number of amides is 2. The number of likely N-dealkylation sites (tertiary alicyclic amines) is 2. The van der Waals surface area contributed by atoms with E-state index in [0.29, 0.717) is 42.4 Å². The molecule has 3 rings (SSSR count). The number of rotatable bonds is 3. The smallest absolute Gasteiger partial charge is 0.258 e. The summed E-state index contributed by atoms with van der Waals surface area (Å²) < 4.78 is 5.27. The van der Waals surface area contributed by atoms with Gasteiger partial charge in [-0.3, -0.25) is 9.59 Å². The van der Waals surface area contributed by atoms with E-state index in [9.17, 15) is 9.59 Å². The molecule has 2 atom stereocenters. The number of methoxy groups -OCH3 is 1. The van der Waals surface area contributed by atoms with Crippen molar-refractivity contribution in [3.63, 3.8) is 0 Å². The molecule has 1 unspecified atom stereocenters. The molecule has 0 aromatic heterocycles. The Morgan fingerprint density at radius 3 is 2.68 bits per heavy atom. The molecular formula is C17H23Cl2N3O3. The number of hydrogen-bond donors (Lipinski definition) is 1. The number of ether oxygens (including phenoxy) is 1. The zero-order valence-electron chi connectivity index (χ0n) is 14.1. The summed E-state index contributed by atoms with van der Waals surface area (Å²) in [5, 5.41) is 0.465. The number of carbonyl (C=O) groups excluding carboxylic acids is 2. The number of hydrogen-bond acceptors (Lipinski definition) is 4. The van der Waals surface area contributed by atoms with E-state index in [-0.39, 0.29) is 30.3 Å². The van der Waals surface area contributed by atoms with E-state index in [4.69, 9.17) is 22.1 Å². The van der Waals surface area contributed by atoms with Crippen LogP contribution in [0.2, 0.25) is 5.02 Å². The lowest BCUT2D eigenvalue weighted by Gasteiger charge is -2.28. The van der Waals surface area contributed by atoms with Crippen LogP contribution in [0.25, 0.3) is 0 Å². The molecule has 0 radical (unpaired) electrons. The first-order chi connectivity index (χ1) is 11.5. The second-order valence-electron chi connectivity index (χ2n) is 6.33. The largest absolute Gasteiger partial charge is 0.496 e. The van der Waals surface area contributed by atoms with E-state index in [0.717, 1.165) is 12.8 Å². The van der Waals surface area contributed by atoms with Gasteiger partial charge in [0.2, 0.25) is 5.91 Å². The van der Waals surface area contributed by atoms with Gasteiger partial charge >= 0.3 is 0 Å². The topological polar surface area (TPSA) is 75.9 Å². The van der Waals surface area contributed by atoms with Gasteiger partial charge in [-0.25, -0.2) is 0 Å². The molecule has 2 aliphatic heterocycles. The molecule has 2 N–H and O–H groups in total. The van der Waals surface area contributed by atoms with Gasteiger partial charge in [-0.05, 0) is 37.5 Å². The van der Waals surface area contributed by atoms with Crippen molar-refractivity contribution in [3.8, 4) is 5.75 Å². The molecule has 8 heteroatoms. The Morgan fingerprint density at radius 1 is 1.28 bits per heavy atom. The van der Waals surface area contributed by atoms with Crippen molar-refractivity contribution in [2.75, 3.05) is 26.7 Å². The highest BCUT2D eigenvalue weighted by molar-refractivity contribution is 6.31. The van der Waals surface area contributed by atoms with Gasteiger partial charge in [0.05, 0.1) is 12.7 Å². The second kappa shape index (κ2) is 8.25. The lowest BCUT2D eigenvalue weighted by Crippen LogP contribution is -2.47. The Bertz CT molecular complexity index is 656. The second-order valence-corrected chi connectivity index (χ2v) is 6.77. The molecular weight excluding hydrogens is 365 g/mol. The van der Waals surface area contributed by atoms with Gasteiger partial charge in [0, 0.05) is 30.7 Å². The van der Waals surface area contributed by atoms with Crippen molar-refractivity contribution in [2.45, 2.75) is 31.3 Å². The molecule has 1 aromatic carbocycles. The molecule has 1 aromatic rings. The van der Waals surface area contributed by atoms with Crippen molar-refractivity contribution in [2.24, 2.45) is 5.73 Å². The molecule has 2 amide bonds. The highest BCUT2D eigenvalue weighted by Gasteiger charge is 2.39. The highest BCUT2D eigenvalue weighted by atomic mass is 35.5. The molecule has 0 spiro atoms. The van der Waals surface area contributed by atoms with Gasteiger partial charge in [-0.1, -0.05) is 11.6 Å². The lowest BCUT2D eigenvalue weighted by molar-refractivity contribution is -0.134. The minimum Gasteiger partial charge on any atom is -0.496 e. The van der Waals surface area contributed by atoms with Gasteiger partial charge in [0.25, 0.3) is 5.91 Å². The van der Waals surface area contributed by atoms with Gasteiger partial charge < -0.3 is 20.3 Å². The van der Waals surface area contributed by atoms with Gasteiger partial charge in [-0.2, -0.15) is 0 Å². The van der Waals surface area contributed by atoms with Crippen LogP contribution in [0.1, 0.15) is 29.6 Å². The maximum absolute atomic E-state index is 13.0. The molecule has 2 saturated heterocycles. The van der Waals surface area contributed by atoms with Crippen LogP contribution in [0.5, 0.6) is 5.75 Å². The standard InChI is InChI=1S/C17H22ClN3O3.ClH/c1-24-15-5-4-11(18)9-13(15)16(22)21-7-2-3-14(21)17(23)20-8-6-12(19)10-20;/h4-5,9,12,14H,2-3,6-8,10,19H2,1H3;1H/t12-,14?;/m1./s1. The Balaban J connectivity index is 0.00000225.